The van der Waals surface area contributed by atoms with Gasteiger partial charge in [-0.3, -0.25) is 4.79 Å². The first-order chi connectivity index (χ1) is 7.28. The Morgan fingerprint density at radius 1 is 1.67 bits per heavy atom. The average molecular weight is 202 g/mol. The quantitative estimate of drug-likeness (QED) is 0.720. The summed E-state index contributed by atoms with van der Waals surface area (Å²) in [7, 11) is 0. The van der Waals surface area contributed by atoms with E-state index in [9.17, 15) is 4.79 Å². The molecule has 2 N–H and O–H groups in total. The van der Waals surface area contributed by atoms with Gasteiger partial charge in [0.2, 0.25) is 5.91 Å². The number of aromatic nitrogens is 1. The van der Waals surface area contributed by atoms with E-state index in [-0.39, 0.29) is 11.9 Å². The van der Waals surface area contributed by atoms with Gasteiger partial charge < -0.3 is 10.6 Å². The Labute approximate surface area is 87.1 Å². The van der Waals surface area contributed by atoms with Gasteiger partial charge in [0.05, 0.1) is 6.04 Å². The van der Waals surface area contributed by atoms with Crippen molar-refractivity contribution in [2.75, 3.05) is 11.9 Å². The summed E-state index contributed by atoms with van der Waals surface area (Å²) < 4.78 is 0. The number of hydrogen-bond acceptors (Lipinski definition) is 4. The smallest absolute Gasteiger partial charge is 0.222 e. The molecule has 0 aromatic carbocycles. The summed E-state index contributed by atoms with van der Waals surface area (Å²) in [5, 5.41) is 14.6. The third kappa shape index (κ3) is 2.23. The molecule has 1 saturated heterocycles. The van der Waals surface area contributed by atoms with Crippen LogP contribution in [0, 0.1) is 11.3 Å². The first-order valence-corrected chi connectivity index (χ1v) is 4.67. The van der Waals surface area contributed by atoms with Crippen LogP contribution < -0.4 is 10.6 Å². The second-order valence-corrected chi connectivity index (χ2v) is 3.39. The summed E-state index contributed by atoms with van der Waals surface area (Å²) in [6.07, 6.45) is 2.05. The van der Waals surface area contributed by atoms with Crippen LogP contribution in [-0.4, -0.2) is 23.5 Å². The third-order valence-electron chi connectivity index (χ3n) is 2.22. The van der Waals surface area contributed by atoms with E-state index < -0.39 is 0 Å². The molecular weight excluding hydrogens is 192 g/mol. The molecule has 1 aliphatic heterocycles. The third-order valence-corrected chi connectivity index (χ3v) is 2.22. The van der Waals surface area contributed by atoms with E-state index in [1.165, 1.54) is 0 Å². The van der Waals surface area contributed by atoms with Gasteiger partial charge in [-0.2, -0.15) is 5.26 Å². The van der Waals surface area contributed by atoms with Crippen LogP contribution in [0.15, 0.2) is 18.3 Å². The van der Waals surface area contributed by atoms with Crippen LogP contribution in [0.4, 0.5) is 5.69 Å². The molecule has 1 fully saturated rings. The van der Waals surface area contributed by atoms with Crippen molar-refractivity contribution in [1.29, 1.82) is 5.26 Å². The topological polar surface area (TPSA) is 77.8 Å². The Bertz CT molecular complexity index is 424. The fraction of sp³-hybridized carbons (Fsp3) is 0.300. The number of pyridine rings is 1. The average Bonchev–Trinajstić information content (AvgIpc) is 2.64. The number of amides is 1. The molecule has 1 amide bonds. The van der Waals surface area contributed by atoms with Gasteiger partial charge in [0.15, 0.2) is 0 Å². The van der Waals surface area contributed by atoms with Crippen LogP contribution in [0.1, 0.15) is 12.1 Å². The highest BCUT2D eigenvalue weighted by atomic mass is 16.1. The molecule has 1 aromatic rings. The lowest BCUT2D eigenvalue weighted by Gasteiger charge is -2.11. The molecule has 1 atom stereocenters. The molecule has 5 nitrogen and oxygen atoms in total. The Balaban J connectivity index is 2.05. The highest BCUT2D eigenvalue weighted by Crippen LogP contribution is 2.12. The van der Waals surface area contributed by atoms with Crippen molar-refractivity contribution < 1.29 is 4.79 Å². The van der Waals surface area contributed by atoms with Gasteiger partial charge in [-0.1, -0.05) is 0 Å². The number of nitrogens with one attached hydrogen (secondary N) is 2. The first-order valence-electron chi connectivity index (χ1n) is 4.67. The largest absolute Gasteiger partial charge is 0.380 e. The lowest BCUT2D eigenvalue weighted by molar-refractivity contribution is -0.119. The van der Waals surface area contributed by atoms with Crippen LogP contribution in [0.25, 0.3) is 0 Å². The SMILES string of the molecule is N#Cc1cc(NC2CNC(=O)C2)ccn1. The van der Waals surface area contributed by atoms with Crippen LogP contribution in [0.5, 0.6) is 0 Å². The predicted molar refractivity (Wildman–Crippen MR) is 54.0 cm³/mol. The molecule has 0 bridgehead atoms. The fourth-order valence-corrected chi connectivity index (χ4v) is 1.52. The van der Waals surface area contributed by atoms with Crippen molar-refractivity contribution in [2.24, 2.45) is 0 Å². The predicted octanol–water partition coefficient (Wildman–Crippen LogP) is 0.254. The summed E-state index contributed by atoms with van der Waals surface area (Å²) in [6, 6.07) is 5.52. The molecule has 76 valence electrons. The molecule has 1 aromatic heterocycles. The van der Waals surface area contributed by atoms with Crippen LogP contribution in [-0.2, 0) is 4.79 Å². The molecule has 2 heterocycles. The summed E-state index contributed by atoms with van der Waals surface area (Å²) >= 11 is 0. The zero-order valence-corrected chi connectivity index (χ0v) is 8.03. The highest BCUT2D eigenvalue weighted by molar-refractivity contribution is 5.79. The molecule has 1 aliphatic rings. The molecule has 0 saturated carbocycles. The van der Waals surface area contributed by atoms with Gasteiger partial charge in [0.1, 0.15) is 11.8 Å². The van der Waals surface area contributed by atoms with Crippen molar-refractivity contribution >= 4 is 11.6 Å². The number of hydrogen-bond donors (Lipinski definition) is 2. The van der Waals surface area contributed by atoms with E-state index in [1.54, 1.807) is 18.3 Å². The minimum atomic E-state index is 0.0575. The maximum Gasteiger partial charge on any atom is 0.222 e. The second-order valence-electron chi connectivity index (χ2n) is 3.39. The Hall–Kier alpha value is -2.09. The minimum absolute atomic E-state index is 0.0575. The molecule has 0 spiro atoms. The monoisotopic (exact) mass is 202 g/mol. The van der Waals surface area contributed by atoms with Crippen LogP contribution in [0.3, 0.4) is 0 Å². The molecule has 2 rings (SSSR count). The van der Waals surface area contributed by atoms with Crippen LogP contribution >= 0.6 is 0 Å². The highest BCUT2D eigenvalue weighted by Gasteiger charge is 2.20. The standard InChI is InChI=1S/C10H10N4O/c11-5-8-3-7(1-2-12-8)14-9-4-10(15)13-6-9/h1-3,9H,4,6H2,(H,12,14)(H,13,15). The number of anilines is 1. The van der Waals surface area contributed by atoms with Gasteiger partial charge >= 0.3 is 0 Å². The van der Waals surface area contributed by atoms with Gasteiger partial charge in [-0.05, 0) is 12.1 Å². The normalized spacial score (nSPS) is 19.4. The number of carbonyl (C=O) groups excluding carboxylic acids is 1. The number of rotatable bonds is 2. The zero-order valence-electron chi connectivity index (χ0n) is 8.03. The summed E-state index contributed by atoms with van der Waals surface area (Å²) in [5.74, 6) is 0.0575. The molecule has 0 radical (unpaired) electrons. The molecule has 15 heavy (non-hydrogen) atoms. The first kappa shape index (κ1) is 9.46. The van der Waals surface area contributed by atoms with Gasteiger partial charge in [-0.25, -0.2) is 4.98 Å². The molecule has 0 aliphatic carbocycles. The van der Waals surface area contributed by atoms with Crippen LogP contribution in [0.2, 0.25) is 0 Å². The van der Waals surface area contributed by atoms with E-state index in [1.807, 2.05) is 6.07 Å². The van der Waals surface area contributed by atoms with Crippen molar-refractivity contribution in [1.82, 2.24) is 10.3 Å². The summed E-state index contributed by atoms with van der Waals surface area (Å²) in [5.41, 5.74) is 1.19. The zero-order chi connectivity index (χ0) is 10.7. The number of nitrogens with zero attached hydrogens (tertiary/aromatic N) is 2. The van der Waals surface area contributed by atoms with Crippen molar-refractivity contribution in [2.45, 2.75) is 12.5 Å². The Morgan fingerprint density at radius 3 is 3.20 bits per heavy atom. The van der Waals surface area contributed by atoms with Gasteiger partial charge in [-0.15, -0.1) is 0 Å². The van der Waals surface area contributed by atoms with Crippen molar-refractivity contribution in [3.63, 3.8) is 0 Å². The van der Waals surface area contributed by atoms with E-state index in [0.717, 1.165) is 5.69 Å². The van der Waals surface area contributed by atoms with Gasteiger partial charge in [0.25, 0.3) is 0 Å². The van der Waals surface area contributed by atoms with E-state index >= 15 is 0 Å². The lowest BCUT2D eigenvalue weighted by atomic mass is 10.2. The van der Waals surface area contributed by atoms with Crippen molar-refractivity contribution in [3.05, 3.63) is 24.0 Å². The maximum absolute atomic E-state index is 11.0. The Kier molecular flexibility index (Phi) is 2.50. The van der Waals surface area contributed by atoms with Crippen molar-refractivity contribution in [3.8, 4) is 6.07 Å². The second kappa shape index (κ2) is 3.96. The van der Waals surface area contributed by atoms with Gasteiger partial charge in [0, 0.05) is 24.8 Å². The summed E-state index contributed by atoms with van der Waals surface area (Å²) in [4.78, 5) is 14.8. The summed E-state index contributed by atoms with van der Waals surface area (Å²) in [6.45, 7) is 0.628. The number of nitriles is 1. The maximum atomic E-state index is 11.0. The van der Waals surface area contributed by atoms with E-state index in [0.29, 0.717) is 18.7 Å². The molecule has 1 unspecified atom stereocenters. The lowest BCUT2D eigenvalue weighted by Crippen LogP contribution is -2.22. The molecule has 5 heteroatoms. The van der Waals surface area contributed by atoms with E-state index in [2.05, 4.69) is 15.6 Å². The Morgan fingerprint density at radius 2 is 2.53 bits per heavy atom. The van der Waals surface area contributed by atoms with E-state index in [4.69, 9.17) is 5.26 Å². The molecular formula is C10H10N4O. The minimum Gasteiger partial charge on any atom is -0.380 e. The number of carbonyl (C=O) groups is 1. The fourth-order valence-electron chi connectivity index (χ4n) is 1.52.